The zero-order valence-corrected chi connectivity index (χ0v) is 11.3. The van der Waals surface area contributed by atoms with Gasteiger partial charge in [0.1, 0.15) is 0 Å². The standard InChI is InChI=1S/C12H14BrN3O/c1-7(2)10(14)12-15-11(16-17-12)8-5-3-4-6-9(8)13/h3-7,10H,14H2,1-2H3. The third-order valence-corrected chi connectivity index (χ3v) is 3.25. The Morgan fingerprint density at radius 1 is 1.29 bits per heavy atom. The highest BCUT2D eigenvalue weighted by Gasteiger charge is 2.19. The molecular weight excluding hydrogens is 282 g/mol. The molecule has 1 atom stereocenters. The summed E-state index contributed by atoms with van der Waals surface area (Å²) in [6.07, 6.45) is 0. The first-order valence-electron chi connectivity index (χ1n) is 5.43. The normalized spacial score (nSPS) is 13.0. The van der Waals surface area contributed by atoms with E-state index < -0.39 is 0 Å². The van der Waals surface area contributed by atoms with E-state index in [4.69, 9.17) is 10.3 Å². The summed E-state index contributed by atoms with van der Waals surface area (Å²) in [5.41, 5.74) is 6.86. The highest BCUT2D eigenvalue weighted by atomic mass is 79.9. The quantitative estimate of drug-likeness (QED) is 0.945. The molecule has 1 aromatic carbocycles. The lowest BCUT2D eigenvalue weighted by molar-refractivity contribution is 0.325. The maximum absolute atomic E-state index is 5.96. The highest BCUT2D eigenvalue weighted by Crippen LogP contribution is 2.27. The Balaban J connectivity index is 2.34. The summed E-state index contributed by atoms with van der Waals surface area (Å²) in [5.74, 6) is 1.30. The molecule has 90 valence electrons. The van der Waals surface area contributed by atoms with E-state index in [9.17, 15) is 0 Å². The van der Waals surface area contributed by atoms with Crippen molar-refractivity contribution >= 4 is 15.9 Å². The van der Waals surface area contributed by atoms with E-state index in [0.29, 0.717) is 11.7 Å². The minimum Gasteiger partial charge on any atom is -0.337 e. The van der Waals surface area contributed by atoms with Gasteiger partial charge in [-0.25, -0.2) is 0 Å². The van der Waals surface area contributed by atoms with Crippen molar-refractivity contribution in [1.29, 1.82) is 0 Å². The summed E-state index contributed by atoms with van der Waals surface area (Å²) >= 11 is 3.46. The number of hydrogen-bond acceptors (Lipinski definition) is 4. The first kappa shape index (κ1) is 12.3. The van der Waals surface area contributed by atoms with Crippen molar-refractivity contribution in [2.24, 2.45) is 11.7 Å². The van der Waals surface area contributed by atoms with Crippen LogP contribution in [-0.4, -0.2) is 10.1 Å². The second kappa shape index (κ2) is 4.98. The van der Waals surface area contributed by atoms with Gasteiger partial charge in [0.05, 0.1) is 6.04 Å². The van der Waals surface area contributed by atoms with Gasteiger partial charge in [-0.05, 0) is 18.1 Å². The van der Waals surface area contributed by atoms with Gasteiger partial charge in [0.15, 0.2) is 0 Å². The van der Waals surface area contributed by atoms with Crippen LogP contribution in [0.5, 0.6) is 0 Å². The number of nitrogens with two attached hydrogens (primary N) is 1. The van der Waals surface area contributed by atoms with Crippen molar-refractivity contribution < 1.29 is 4.52 Å². The summed E-state index contributed by atoms with van der Waals surface area (Å²) in [6, 6.07) is 7.51. The molecule has 0 bridgehead atoms. The van der Waals surface area contributed by atoms with E-state index in [-0.39, 0.29) is 12.0 Å². The fourth-order valence-corrected chi connectivity index (χ4v) is 1.87. The van der Waals surface area contributed by atoms with Gasteiger partial charge >= 0.3 is 0 Å². The third-order valence-electron chi connectivity index (χ3n) is 2.56. The predicted molar refractivity (Wildman–Crippen MR) is 69.2 cm³/mol. The van der Waals surface area contributed by atoms with Crippen LogP contribution in [0.15, 0.2) is 33.3 Å². The van der Waals surface area contributed by atoms with E-state index in [0.717, 1.165) is 10.0 Å². The summed E-state index contributed by atoms with van der Waals surface area (Å²) in [4.78, 5) is 4.33. The molecule has 4 nitrogen and oxygen atoms in total. The molecule has 0 aliphatic carbocycles. The highest BCUT2D eigenvalue weighted by molar-refractivity contribution is 9.10. The molecule has 0 saturated heterocycles. The average Bonchev–Trinajstić information content (AvgIpc) is 2.77. The first-order chi connectivity index (χ1) is 8.09. The Bertz CT molecular complexity index is 510. The lowest BCUT2D eigenvalue weighted by atomic mass is 10.1. The predicted octanol–water partition coefficient (Wildman–Crippen LogP) is 3.15. The van der Waals surface area contributed by atoms with E-state index in [1.165, 1.54) is 0 Å². The topological polar surface area (TPSA) is 64.9 Å². The van der Waals surface area contributed by atoms with Crippen LogP contribution < -0.4 is 5.73 Å². The monoisotopic (exact) mass is 295 g/mol. The smallest absolute Gasteiger partial charge is 0.244 e. The number of benzene rings is 1. The van der Waals surface area contributed by atoms with Crippen molar-refractivity contribution in [3.05, 3.63) is 34.6 Å². The van der Waals surface area contributed by atoms with Gasteiger partial charge in [0.25, 0.3) is 0 Å². The zero-order valence-electron chi connectivity index (χ0n) is 9.72. The minimum atomic E-state index is -0.223. The van der Waals surface area contributed by atoms with Crippen LogP contribution in [0.1, 0.15) is 25.8 Å². The number of nitrogens with zero attached hydrogens (tertiary/aromatic N) is 2. The lowest BCUT2D eigenvalue weighted by Gasteiger charge is -2.09. The van der Waals surface area contributed by atoms with Crippen LogP contribution >= 0.6 is 15.9 Å². The van der Waals surface area contributed by atoms with Crippen molar-refractivity contribution in [2.75, 3.05) is 0 Å². The van der Waals surface area contributed by atoms with Gasteiger partial charge in [-0.1, -0.05) is 47.1 Å². The summed E-state index contributed by atoms with van der Waals surface area (Å²) in [6.45, 7) is 4.04. The van der Waals surface area contributed by atoms with Crippen LogP contribution in [0.2, 0.25) is 0 Å². The molecular formula is C12H14BrN3O. The molecule has 1 aromatic heterocycles. The van der Waals surface area contributed by atoms with Crippen LogP contribution in [0, 0.1) is 5.92 Å². The van der Waals surface area contributed by atoms with Crippen molar-refractivity contribution in [3.63, 3.8) is 0 Å². The molecule has 1 unspecified atom stereocenters. The Kier molecular flexibility index (Phi) is 3.59. The van der Waals surface area contributed by atoms with Gasteiger partial charge < -0.3 is 10.3 Å². The fraction of sp³-hybridized carbons (Fsp3) is 0.333. The van der Waals surface area contributed by atoms with Crippen molar-refractivity contribution in [1.82, 2.24) is 10.1 Å². The maximum atomic E-state index is 5.96. The molecule has 2 aromatic rings. The van der Waals surface area contributed by atoms with Crippen LogP contribution in [-0.2, 0) is 0 Å². The number of aromatic nitrogens is 2. The first-order valence-corrected chi connectivity index (χ1v) is 6.23. The van der Waals surface area contributed by atoms with Crippen molar-refractivity contribution in [2.45, 2.75) is 19.9 Å². The van der Waals surface area contributed by atoms with Crippen molar-refractivity contribution in [3.8, 4) is 11.4 Å². The number of hydrogen-bond donors (Lipinski definition) is 1. The third kappa shape index (κ3) is 2.56. The van der Waals surface area contributed by atoms with E-state index in [1.54, 1.807) is 0 Å². The maximum Gasteiger partial charge on any atom is 0.244 e. The fourth-order valence-electron chi connectivity index (χ4n) is 1.41. The van der Waals surface area contributed by atoms with Crippen LogP contribution in [0.25, 0.3) is 11.4 Å². The Labute approximate surface area is 108 Å². The molecule has 0 fully saturated rings. The van der Waals surface area contributed by atoms with E-state index in [2.05, 4.69) is 26.1 Å². The molecule has 1 heterocycles. The second-order valence-corrected chi connectivity index (χ2v) is 5.06. The van der Waals surface area contributed by atoms with Gasteiger partial charge in [-0.3, -0.25) is 0 Å². The average molecular weight is 296 g/mol. The minimum absolute atomic E-state index is 0.223. The van der Waals surface area contributed by atoms with Gasteiger partial charge in [0.2, 0.25) is 11.7 Å². The Morgan fingerprint density at radius 2 is 2.00 bits per heavy atom. The van der Waals surface area contributed by atoms with Gasteiger partial charge in [-0.2, -0.15) is 4.98 Å². The molecule has 2 N–H and O–H groups in total. The largest absolute Gasteiger partial charge is 0.337 e. The van der Waals surface area contributed by atoms with Gasteiger partial charge in [-0.15, -0.1) is 0 Å². The van der Waals surface area contributed by atoms with E-state index in [1.807, 2.05) is 38.1 Å². The summed E-state index contributed by atoms with van der Waals surface area (Å²) < 4.78 is 6.13. The molecule has 0 amide bonds. The Morgan fingerprint density at radius 3 is 2.65 bits per heavy atom. The zero-order chi connectivity index (χ0) is 12.4. The van der Waals surface area contributed by atoms with Crippen LogP contribution in [0.4, 0.5) is 0 Å². The number of rotatable bonds is 3. The Hall–Kier alpha value is -1.20. The molecule has 5 heteroatoms. The molecule has 0 radical (unpaired) electrons. The summed E-state index contributed by atoms with van der Waals surface area (Å²) in [7, 11) is 0. The van der Waals surface area contributed by atoms with E-state index >= 15 is 0 Å². The molecule has 0 aliphatic rings. The second-order valence-electron chi connectivity index (χ2n) is 4.21. The van der Waals surface area contributed by atoms with Gasteiger partial charge in [0, 0.05) is 10.0 Å². The molecule has 2 rings (SSSR count). The van der Waals surface area contributed by atoms with Crippen LogP contribution in [0.3, 0.4) is 0 Å². The number of halogens is 1. The molecule has 0 aliphatic heterocycles. The molecule has 0 spiro atoms. The lowest BCUT2D eigenvalue weighted by Crippen LogP contribution is -2.16. The summed E-state index contributed by atoms with van der Waals surface area (Å²) in [5, 5.41) is 3.95. The molecule has 0 saturated carbocycles. The molecule has 17 heavy (non-hydrogen) atoms. The SMILES string of the molecule is CC(C)C(N)c1nc(-c2ccccc2Br)no1.